The van der Waals surface area contributed by atoms with Crippen molar-refractivity contribution in [3.8, 4) is 0 Å². The molecule has 0 unspecified atom stereocenters. The molecule has 29 heavy (non-hydrogen) atoms. The van der Waals surface area contributed by atoms with Crippen LogP contribution < -0.4 is 10.9 Å². The average molecular weight is 397 g/mol. The van der Waals surface area contributed by atoms with Gasteiger partial charge in [0.2, 0.25) is 5.91 Å². The van der Waals surface area contributed by atoms with Crippen LogP contribution >= 0.6 is 0 Å². The third-order valence-corrected chi connectivity index (χ3v) is 5.86. The second-order valence-corrected chi connectivity index (χ2v) is 8.19. The molecule has 0 bridgehead atoms. The van der Waals surface area contributed by atoms with Crippen molar-refractivity contribution < 1.29 is 9.59 Å². The number of nitrogens with one attached hydrogen (secondary N) is 1. The Balaban J connectivity index is 1.61. The Morgan fingerprint density at radius 3 is 2.59 bits per heavy atom. The van der Waals surface area contributed by atoms with Crippen LogP contribution in [0.2, 0.25) is 0 Å². The lowest BCUT2D eigenvalue weighted by Crippen LogP contribution is -2.37. The normalized spacial score (nSPS) is 21.4. The molecule has 2 aliphatic rings. The zero-order valence-corrected chi connectivity index (χ0v) is 17.1. The van der Waals surface area contributed by atoms with Gasteiger partial charge in [-0.3, -0.25) is 14.4 Å². The number of hydrogen-bond donors (Lipinski definition) is 1. The van der Waals surface area contributed by atoms with Gasteiger partial charge in [-0.1, -0.05) is 6.92 Å². The van der Waals surface area contributed by atoms with Gasteiger partial charge in [-0.25, -0.2) is 4.98 Å². The summed E-state index contributed by atoms with van der Waals surface area (Å²) < 4.78 is 3.31. The lowest BCUT2D eigenvalue weighted by atomic mass is 9.92. The maximum absolute atomic E-state index is 13.2. The highest BCUT2D eigenvalue weighted by atomic mass is 16.2. The summed E-state index contributed by atoms with van der Waals surface area (Å²) in [5.74, 6) is -0.629. The number of carbonyl (C=O) groups is 2. The van der Waals surface area contributed by atoms with E-state index in [1.54, 1.807) is 30.5 Å². The molecule has 1 N–H and O–H groups in total. The first-order chi connectivity index (χ1) is 13.9. The minimum Gasteiger partial charge on any atom is -0.353 e. The standard InChI is InChI=1S/C21H27N5O3/c1-4-13-7-14(8-25(3)20(13)28)21(29)26-9-16(18-11-24(2)12-22-18)17(10-26)19(27)23-15-5-6-15/h7-8,11-12,15-17H,4-6,9-10H2,1-3H3,(H,23,27)/t16-,17-/m1/s1. The van der Waals surface area contributed by atoms with Crippen LogP contribution in [0.15, 0.2) is 29.6 Å². The van der Waals surface area contributed by atoms with Gasteiger partial charge in [-0.2, -0.15) is 0 Å². The molecule has 0 aromatic carbocycles. The van der Waals surface area contributed by atoms with Gasteiger partial charge in [-0.15, -0.1) is 0 Å². The number of pyridine rings is 1. The van der Waals surface area contributed by atoms with Gasteiger partial charge in [0.05, 0.1) is 23.5 Å². The number of nitrogens with zero attached hydrogens (tertiary/aromatic N) is 4. The Morgan fingerprint density at radius 1 is 1.21 bits per heavy atom. The SMILES string of the molecule is CCc1cc(C(=O)N2C[C@@H](C(=O)NC3CC3)[C@H](c3cn(C)cn3)C2)cn(C)c1=O. The lowest BCUT2D eigenvalue weighted by molar-refractivity contribution is -0.125. The smallest absolute Gasteiger partial charge is 0.255 e. The van der Waals surface area contributed by atoms with Crippen molar-refractivity contribution in [2.24, 2.45) is 20.0 Å². The first-order valence-corrected chi connectivity index (χ1v) is 10.1. The quantitative estimate of drug-likeness (QED) is 0.809. The third-order valence-electron chi connectivity index (χ3n) is 5.86. The van der Waals surface area contributed by atoms with E-state index < -0.39 is 0 Å². The predicted octanol–water partition coefficient (Wildman–Crippen LogP) is 0.816. The highest BCUT2D eigenvalue weighted by molar-refractivity contribution is 5.95. The summed E-state index contributed by atoms with van der Waals surface area (Å²) in [6.07, 6.45) is 7.82. The zero-order chi connectivity index (χ0) is 20.7. The van der Waals surface area contributed by atoms with E-state index in [1.165, 1.54) is 4.57 Å². The maximum atomic E-state index is 13.2. The monoisotopic (exact) mass is 397 g/mol. The minimum atomic E-state index is -0.326. The molecule has 154 valence electrons. The molecular formula is C21H27N5O3. The highest BCUT2D eigenvalue weighted by Crippen LogP contribution is 2.33. The molecule has 1 aliphatic heterocycles. The first-order valence-electron chi connectivity index (χ1n) is 10.1. The second kappa shape index (κ2) is 7.50. The van der Waals surface area contributed by atoms with Crippen LogP contribution in [0, 0.1) is 5.92 Å². The average Bonchev–Trinajstić information content (AvgIpc) is 3.23. The van der Waals surface area contributed by atoms with Gasteiger partial charge < -0.3 is 19.4 Å². The molecule has 2 fully saturated rings. The molecule has 2 amide bonds. The Kier molecular flexibility index (Phi) is 5.02. The molecule has 8 nitrogen and oxygen atoms in total. The molecule has 0 radical (unpaired) electrons. The Morgan fingerprint density at radius 2 is 1.97 bits per heavy atom. The van der Waals surface area contributed by atoms with E-state index in [-0.39, 0.29) is 35.3 Å². The predicted molar refractivity (Wildman–Crippen MR) is 108 cm³/mol. The molecule has 2 atom stereocenters. The topological polar surface area (TPSA) is 89.2 Å². The minimum absolute atomic E-state index is 0.00633. The van der Waals surface area contributed by atoms with Crippen LogP contribution in [-0.2, 0) is 25.3 Å². The number of carbonyl (C=O) groups excluding carboxylic acids is 2. The maximum Gasteiger partial charge on any atom is 0.255 e. The summed E-state index contributed by atoms with van der Waals surface area (Å²) in [5.41, 5.74) is 1.83. The number of imidazole rings is 1. The van der Waals surface area contributed by atoms with Gasteiger partial charge >= 0.3 is 0 Å². The number of likely N-dealkylation sites (tertiary alicyclic amines) is 1. The largest absolute Gasteiger partial charge is 0.353 e. The molecule has 2 aromatic heterocycles. The van der Waals surface area contributed by atoms with Gasteiger partial charge in [0.1, 0.15) is 0 Å². The zero-order valence-electron chi connectivity index (χ0n) is 17.1. The first kappa shape index (κ1) is 19.4. The van der Waals surface area contributed by atoms with Crippen molar-refractivity contribution >= 4 is 11.8 Å². The van der Waals surface area contributed by atoms with Gasteiger partial charge in [0.15, 0.2) is 0 Å². The highest BCUT2D eigenvalue weighted by Gasteiger charge is 2.43. The van der Waals surface area contributed by atoms with Gasteiger partial charge in [-0.05, 0) is 25.3 Å². The van der Waals surface area contributed by atoms with Gasteiger partial charge in [0.25, 0.3) is 11.5 Å². The van der Waals surface area contributed by atoms with Crippen LogP contribution in [0.5, 0.6) is 0 Å². The van der Waals surface area contributed by atoms with Crippen LogP contribution in [0.1, 0.15) is 47.3 Å². The summed E-state index contributed by atoms with van der Waals surface area (Å²) >= 11 is 0. The van der Waals surface area contributed by atoms with Crippen LogP contribution in [0.4, 0.5) is 0 Å². The van der Waals surface area contributed by atoms with E-state index in [2.05, 4.69) is 10.3 Å². The molecule has 2 aromatic rings. The number of hydrogen-bond acceptors (Lipinski definition) is 4. The molecule has 4 rings (SSSR count). The van der Waals surface area contributed by atoms with Crippen molar-refractivity contribution in [3.63, 3.8) is 0 Å². The van der Waals surface area contributed by atoms with Crippen molar-refractivity contribution in [1.29, 1.82) is 0 Å². The summed E-state index contributed by atoms with van der Waals surface area (Å²) in [4.78, 5) is 44.4. The van der Waals surface area contributed by atoms with E-state index in [9.17, 15) is 14.4 Å². The van der Waals surface area contributed by atoms with Crippen molar-refractivity contribution in [3.05, 3.63) is 52.0 Å². The molecule has 1 saturated carbocycles. The fraction of sp³-hybridized carbons (Fsp3) is 0.524. The van der Waals surface area contributed by atoms with Crippen LogP contribution in [0.3, 0.4) is 0 Å². The molecule has 0 spiro atoms. The summed E-state index contributed by atoms with van der Waals surface area (Å²) in [7, 11) is 3.55. The van der Waals surface area contributed by atoms with Crippen molar-refractivity contribution in [2.75, 3.05) is 13.1 Å². The van der Waals surface area contributed by atoms with E-state index >= 15 is 0 Å². The van der Waals surface area contributed by atoms with E-state index in [1.807, 2.05) is 24.7 Å². The molecular weight excluding hydrogens is 370 g/mol. The van der Waals surface area contributed by atoms with Crippen molar-refractivity contribution in [2.45, 2.75) is 38.1 Å². The summed E-state index contributed by atoms with van der Waals surface area (Å²) in [6, 6.07) is 1.95. The molecule has 3 heterocycles. The Hall–Kier alpha value is -2.90. The molecule has 8 heteroatoms. The third kappa shape index (κ3) is 3.83. The molecule has 1 saturated heterocycles. The fourth-order valence-electron chi connectivity index (χ4n) is 4.03. The fourth-order valence-corrected chi connectivity index (χ4v) is 4.03. The van der Waals surface area contributed by atoms with Gasteiger partial charge in [0, 0.05) is 57.1 Å². The second-order valence-electron chi connectivity index (χ2n) is 8.19. The van der Waals surface area contributed by atoms with Crippen LogP contribution in [0.25, 0.3) is 0 Å². The molecule has 1 aliphatic carbocycles. The summed E-state index contributed by atoms with van der Waals surface area (Å²) in [6.45, 7) is 2.68. The Labute approximate surface area is 169 Å². The van der Waals surface area contributed by atoms with Crippen LogP contribution in [-0.4, -0.2) is 50.0 Å². The Bertz CT molecular complexity index is 1000. The number of rotatable bonds is 5. The summed E-state index contributed by atoms with van der Waals surface area (Å²) in [5, 5.41) is 3.08. The lowest BCUT2D eigenvalue weighted by Gasteiger charge is -2.17. The number of amides is 2. The number of aryl methyl sites for hydroxylation is 3. The van der Waals surface area contributed by atoms with E-state index in [4.69, 9.17) is 0 Å². The van der Waals surface area contributed by atoms with Crippen molar-refractivity contribution in [1.82, 2.24) is 24.3 Å². The van der Waals surface area contributed by atoms with E-state index in [0.717, 1.165) is 18.5 Å². The van der Waals surface area contributed by atoms with E-state index in [0.29, 0.717) is 30.6 Å². The number of aromatic nitrogens is 3.